The predicted octanol–water partition coefficient (Wildman–Crippen LogP) is 2.94. The van der Waals surface area contributed by atoms with Crippen LogP contribution >= 0.6 is 11.9 Å². The Kier molecular flexibility index (Phi) is 6.87. The number of halogens is 1. The van der Waals surface area contributed by atoms with Crippen molar-refractivity contribution in [3.05, 3.63) is 48.0 Å². The molecule has 2 unspecified atom stereocenters. The molecule has 2 aromatic rings. The van der Waals surface area contributed by atoms with Gasteiger partial charge in [-0.15, -0.1) is 0 Å². The Labute approximate surface area is 163 Å². The Hall–Kier alpha value is -1.90. The summed E-state index contributed by atoms with van der Waals surface area (Å²) in [4.78, 5) is 10.9. The fourth-order valence-electron chi connectivity index (χ4n) is 3.13. The number of hydrogen-bond acceptors (Lipinski definition) is 7. The van der Waals surface area contributed by atoms with E-state index in [1.807, 2.05) is 18.0 Å². The van der Waals surface area contributed by atoms with Crippen LogP contribution in [0.3, 0.4) is 0 Å². The summed E-state index contributed by atoms with van der Waals surface area (Å²) in [7, 11) is 0. The van der Waals surface area contributed by atoms with Gasteiger partial charge in [-0.2, -0.15) is 0 Å². The molecule has 1 aromatic heterocycles. The second-order valence-electron chi connectivity index (χ2n) is 6.56. The van der Waals surface area contributed by atoms with E-state index in [1.54, 1.807) is 18.5 Å². The van der Waals surface area contributed by atoms with Crippen molar-refractivity contribution in [1.82, 2.24) is 14.3 Å². The summed E-state index contributed by atoms with van der Waals surface area (Å²) in [5.74, 6) is 2.32. The van der Waals surface area contributed by atoms with E-state index in [9.17, 15) is 9.50 Å². The van der Waals surface area contributed by atoms with Crippen LogP contribution in [0.25, 0.3) is 0 Å². The van der Waals surface area contributed by atoms with E-state index in [0.717, 1.165) is 31.2 Å². The summed E-state index contributed by atoms with van der Waals surface area (Å²) in [5, 5.41) is 13.4. The molecular formula is C19H26FN5OS. The average molecular weight is 392 g/mol. The summed E-state index contributed by atoms with van der Waals surface area (Å²) in [5.41, 5.74) is 0.663. The Morgan fingerprint density at radius 1 is 1.30 bits per heavy atom. The van der Waals surface area contributed by atoms with E-state index in [4.69, 9.17) is 0 Å². The SMILES string of the molecule is CCSN1CCN(c2cc(NCC(O)c3ccc(F)cc3)ncn2)CC1C. The highest BCUT2D eigenvalue weighted by atomic mass is 32.2. The normalized spacial score (nSPS) is 19.1. The van der Waals surface area contributed by atoms with E-state index in [2.05, 4.69) is 38.3 Å². The van der Waals surface area contributed by atoms with Gasteiger partial charge in [0.05, 0.1) is 6.10 Å². The van der Waals surface area contributed by atoms with Crippen LogP contribution in [0.5, 0.6) is 0 Å². The average Bonchev–Trinajstić information content (AvgIpc) is 2.68. The largest absolute Gasteiger partial charge is 0.387 e. The van der Waals surface area contributed by atoms with Gasteiger partial charge in [-0.05, 0) is 24.6 Å². The lowest BCUT2D eigenvalue weighted by Gasteiger charge is -2.39. The molecule has 0 spiro atoms. The van der Waals surface area contributed by atoms with Crippen molar-refractivity contribution in [3.8, 4) is 0 Å². The fourth-order valence-corrected chi connectivity index (χ4v) is 3.99. The van der Waals surface area contributed by atoms with E-state index in [-0.39, 0.29) is 5.82 Å². The first kappa shape index (κ1) is 19.9. The number of aliphatic hydroxyl groups is 1. The Bertz CT molecular complexity index is 732. The molecule has 0 aliphatic carbocycles. The molecule has 1 fully saturated rings. The lowest BCUT2D eigenvalue weighted by molar-refractivity contribution is 0.191. The summed E-state index contributed by atoms with van der Waals surface area (Å²) in [6, 6.07) is 8.23. The molecule has 2 atom stereocenters. The second-order valence-corrected chi connectivity index (χ2v) is 7.87. The van der Waals surface area contributed by atoms with Crippen molar-refractivity contribution in [1.29, 1.82) is 0 Å². The molecule has 0 radical (unpaired) electrons. The standard InChI is InChI=1S/C19H26FN5OS/c1-3-27-25-9-8-24(12-14(25)2)19-10-18(22-13-23-19)21-11-17(26)15-4-6-16(20)7-5-15/h4-7,10,13-14,17,26H,3,8-9,11-12H2,1-2H3,(H,21,22,23). The summed E-state index contributed by atoms with van der Waals surface area (Å²) in [6.45, 7) is 7.53. The van der Waals surface area contributed by atoms with Gasteiger partial charge in [-0.1, -0.05) is 31.0 Å². The van der Waals surface area contributed by atoms with E-state index < -0.39 is 6.10 Å². The predicted molar refractivity (Wildman–Crippen MR) is 108 cm³/mol. The minimum absolute atomic E-state index is 0.291. The third kappa shape index (κ3) is 5.31. The van der Waals surface area contributed by atoms with Crippen molar-refractivity contribution >= 4 is 23.6 Å². The van der Waals surface area contributed by atoms with Gasteiger partial charge in [0.15, 0.2) is 0 Å². The first-order valence-corrected chi connectivity index (χ1v) is 10.1. The Balaban J connectivity index is 1.58. The lowest BCUT2D eigenvalue weighted by atomic mass is 10.1. The molecule has 1 aliphatic heterocycles. The molecule has 2 heterocycles. The van der Waals surface area contributed by atoms with Crippen molar-refractivity contribution in [2.75, 3.05) is 42.1 Å². The van der Waals surface area contributed by atoms with Crippen LogP contribution in [0, 0.1) is 5.82 Å². The molecule has 1 saturated heterocycles. The number of nitrogens with one attached hydrogen (secondary N) is 1. The van der Waals surface area contributed by atoms with Crippen LogP contribution in [0.15, 0.2) is 36.7 Å². The maximum atomic E-state index is 13.0. The van der Waals surface area contributed by atoms with Gasteiger partial charge in [0.2, 0.25) is 0 Å². The number of benzene rings is 1. The highest BCUT2D eigenvalue weighted by molar-refractivity contribution is 7.97. The highest BCUT2D eigenvalue weighted by Gasteiger charge is 2.24. The number of hydrogen-bond donors (Lipinski definition) is 2. The quantitative estimate of drug-likeness (QED) is 0.704. The molecule has 1 aromatic carbocycles. The molecule has 146 valence electrons. The zero-order valence-electron chi connectivity index (χ0n) is 15.7. The van der Waals surface area contributed by atoms with Gasteiger partial charge in [0, 0.05) is 44.0 Å². The fraction of sp³-hybridized carbons (Fsp3) is 0.474. The number of anilines is 2. The van der Waals surface area contributed by atoms with E-state index in [1.165, 1.54) is 12.1 Å². The van der Waals surface area contributed by atoms with Crippen LogP contribution in [-0.4, -0.2) is 57.4 Å². The minimum Gasteiger partial charge on any atom is -0.387 e. The van der Waals surface area contributed by atoms with Crippen molar-refractivity contribution < 1.29 is 9.50 Å². The number of aliphatic hydroxyl groups excluding tert-OH is 1. The zero-order chi connectivity index (χ0) is 19.2. The third-order valence-corrected chi connectivity index (χ3v) is 5.70. The lowest BCUT2D eigenvalue weighted by Crippen LogP contribution is -2.49. The van der Waals surface area contributed by atoms with Gasteiger partial charge in [-0.3, -0.25) is 0 Å². The van der Waals surface area contributed by atoms with Crippen molar-refractivity contribution in [3.63, 3.8) is 0 Å². The minimum atomic E-state index is -0.737. The van der Waals surface area contributed by atoms with Gasteiger partial charge in [0.1, 0.15) is 23.8 Å². The molecule has 0 bridgehead atoms. The van der Waals surface area contributed by atoms with Gasteiger partial charge >= 0.3 is 0 Å². The monoisotopic (exact) mass is 391 g/mol. The van der Waals surface area contributed by atoms with Crippen LogP contribution < -0.4 is 10.2 Å². The summed E-state index contributed by atoms with van der Waals surface area (Å²) < 4.78 is 15.4. The Morgan fingerprint density at radius 2 is 2.07 bits per heavy atom. The maximum absolute atomic E-state index is 13.0. The molecule has 27 heavy (non-hydrogen) atoms. The number of piperazine rings is 1. The molecular weight excluding hydrogens is 365 g/mol. The third-order valence-electron chi connectivity index (χ3n) is 4.57. The Morgan fingerprint density at radius 3 is 2.78 bits per heavy atom. The van der Waals surface area contributed by atoms with Crippen molar-refractivity contribution in [2.45, 2.75) is 26.0 Å². The molecule has 0 amide bonds. The molecule has 3 rings (SSSR count). The molecule has 1 aliphatic rings. The summed E-state index contributed by atoms with van der Waals surface area (Å²) in [6.07, 6.45) is 0.804. The number of nitrogens with zero attached hydrogens (tertiary/aromatic N) is 4. The maximum Gasteiger partial charge on any atom is 0.134 e. The first-order chi connectivity index (χ1) is 13.1. The van der Waals surface area contributed by atoms with Gasteiger partial charge < -0.3 is 15.3 Å². The first-order valence-electron chi connectivity index (χ1n) is 9.20. The highest BCUT2D eigenvalue weighted by Crippen LogP contribution is 2.23. The number of aromatic nitrogens is 2. The smallest absolute Gasteiger partial charge is 0.134 e. The van der Waals surface area contributed by atoms with Gasteiger partial charge in [-0.25, -0.2) is 18.7 Å². The molecule has 8 heteroatoms. The van der Waals surface area contributed by atoms with Crippen LogP contribution in [0.2, 0.25) is 0 Å². The zero-order valence-corrected chi connectivity index (χ0v) is 16.5. The topological polar surface area (TPSA) is 64.5 Å². The van der Waals surface area contributed by atoms with Crippen LogP contribution in [0.4, 0.5) is 16.0 Å². The van der Waals surface area contributed by atoms with Crippen molar-refractivity contribution in [2.24, 2.45) is 0 Å². The van der Waals surface area contributed by atoms with E-state index in [0.29, 0.717) is 24.0 Å². The summed E-state index contributed by atoms with van der Waals surface area (Å²) >= 11 is 1.88. The number of rotatable bonds is 7. The molecule has 2 N–H and O–H groups in total. The molecule has 0 saturated carbocycles. The van der Waals surface area contributed by atoms with Gasteiger partial charge in [0.25, 0.3) is 0 Å². The van der Waals surface area contributed by atoms with Crippen LogP contribution in [-0.2, 0) is 0 Å². The van der Waals surface area contributed by atoms with Crippen LogP contribution in [0.1, 0.15) is 25.5 Å². The van der Waals surface area contributed by atoms with E-state index >= 15 is 0 Å². The molecule has 6 nitrogen and oxygen atoms in total. The second kappa shape index (κ2) is 9.34.